The van der Waals surface area contributed by atoms with Crippen molar-refractivity contribution in [2.75, 3.05) is 0 Å². The fourth-order valence-corrected chi connectivity index (χ4v) is 11.2. The zero-order valence-electron chi connectivity index (χ0n) is 27.0. The Kier molecular flexibility index (Phi) is 9.76. The minimum atomic E-state index is -4.61. The van der Waals surface area contributed by atoms with Gasteiger partial charge in [-0.3, -0.25) is 9.05 Å². The molecule has 4 aliphatic carbocycles. The molecule has 43 heavy (non-hydrogen) atoms. The van der Waals surface area contributed by atoms with Crippen LogP contribution in [0.2, 0.25) is 0 Å². The molecule has 14 atom stereocenters. The van der Waals surface area contributed by atoms with Crippen LogP contribution in [0.5, 0.6) is 0 Å². The normalized spacial score (nSPS) is 47.1. The molecular weight excluding hydrogens is 571 g/mol. The fourth-order valence-electron chi connectivity index (χ4n) is 10.2. The summed E-state index contributed by atoms with van der Waals surface area (Å²) in [7, 11) is -4.61. The Bertz CT molecular complexity index is 1080. The molecule has 0 aromatic carbocycles. The second-order valence-corrected chi connectivity index (χ2v) is 17.3. The highest BCUT2D eigenvalue weighted by Crippen LogP contribution is 2.67. The van der Waals surface area contributed by atoms with Crippen LogP contribution >= 0.6 is 7.82 Å². The van der Waals surface area contributed by atoms with Crippen molar-refractivity contribution in [3.8, 4) is 0 Å². The molecule has 248 valence electrons. The molecule has 3 saturated carbocycles. The summed E-state index contributed by atoms with van der Waals surface area (Å²) in [5.41, 5.74) is 1.15. The highest BCUT2D eigenvalue weighted by atomic mass is 31.2. The van der Waals surface area contributed by atoms with E-state index in [0.29, 0.717) is 36.0 Å². The van der Waals surface area contributed by atoms with Gasteiger partial charge in [-0.15, -0.1) is 0 Å². The summed E-state index contributed by atoms with van der Waals surface area (Å²) in [6.07, 6.45) is 6.22. The van der Waals surface area contributed by atoms with Crippen molar-refractivity contribution in [2.24, 2.45) is 40.4 Å². The van der Waals surface area contributed by atoms with Gasteiger partial charge in [0.25, 0.3) is 0 Å². The molecule has 4 fully saturated rings. The second-order valence-electron chi connectivity index (χ2n) is 15.9. The first-order valence-electron chi connectivity index (χ1n) is 16.8. The average Bonchev–Trinajstić information content (AvgIpc) is 3.27. The third-order valence-electron chi connectivity index (χ3n) is 12.6. The first-order valence-corrected chi connectivity index (χ1v) is 18.3. The SMILES string of the molecule is C[C@H](CCCC(C)(C)O)[C@H]1CC[C@H]2[C@@H]3CC=C4C[C@@H](OP(=O)(O)O[C@H]5O[C@@H](C)[C@@H](O)[C@@H](O)[C@@H]5O)CC[C@]4(C)[C@H]3CC[C@]12C. The molecule has 0 aromatic heterocycles. The topological polar surface area (TPSA) is 146 Å². The standard InChI is InChI=1S/C33H57O9P/c1-19(8-7-15-31(3,4)37)24-11-12-25-23-10-9-21-18-22(13-16-32(21,5)26(23)14-17-33(24,25)6)41-43(38,39)42-30-29(36)28(35)27(34)20(2)40-30/h9,19-20,22-30,34-37H,7-8,10-18H2,1-6H3,(H,38,39)/t19-,20+,22+,23+,24-,25+,26+,27-,28-,29+,30-,32+,33-/m1/s1. The Morgan fingerprint density at radius 3 is 2.47 bits per heavy atom. The van der Waals surface area contributed by atoms with Crippen molar-refractivity contribution in [3.63, 3.8) is 0 Å². The number of rotatable bonds is 9. The maximum absolute atomic E-state index is 13.0. The van der Waals surface area contributed by atoms with E-state index in [-0.39, 0.29) is 5.41 Å². The maximum Gasteiger partial charge on any atom is 0.474 e. The molecule has 0 spiro atoms. The van der Waals surface area contributed by atoms with Crippen molar-refractivity contribution in [1.29, 1.82) is 0 Å². The number of phosphoric acid groups is 1. The van der Waals surface area contributed by atoms with Gasteiger partial charge in [-0.2, -0.15) is 0 Å². The van der Waals surface area contributed by atoms with Gasteiger partial charge in [-0.25, -0.2) is 4.57 Å². The number of allylic oxidation sites excluding steroid dienone is 1. The van der Waals surface area contributed by atoms with Crippen molar-refractivity contribution < 1.29 is 43.7 Å². The zero-order chi connectivity index (χ0) is 31.5. The predicted octanol–water partition coefficient (Wildman–Crippen LogP) is 5.47. The van der Waals surface area contributed by atoms with Crippen molar-refractivity contribution >= 4 is 7.82 Å². The molecule has 1 aliphatic heterocycles. The highest BCUT2D eigenvalue weighted by Gasteiger charge is 2.59. The number of ether oxygens (including phenoxy) is 1. The van der Waals surface area contributed by atoms with Crippen molar-refractivity contribution in [1.82, 2.24) is 0 Å². The van der Waals surface area contributed by atoms with E-state index in [4.69, 9.17) is 13.8 Å². The summed E-state index contributed by atoms with van der Waals surface area (Å²) < 4.78 is 29.1. The monoisotopic (exact) mass is 628 g/mol. The largest absolute Gasteiger partial charge is 0.474 e. The molecule has 0 aromatic rings. The van der Waals surface area contributed by atoms with Gasteiger partial charge in [0.15, 0.2) is 6.29 Å². The molecule has 5 N–H and O–H groups in total. The molecule has 0 amide bonds. The summed E-state index contributed by atoms with van der Waals surface area (Å²) in [6, 6.07) is 0. The van der Waals surface area contributed by atoms with Crippen LogP contribution in [0.1, 0.15) is 112 Å². The quantitative estimate of drug-likeness (QED) is 0.166. The number of phosphoric ester groups is 1. The van der Waals surface area contributed by atoms with Crippen LogP contribution in [0.3, 0.4) is 0 Å². The van der Waals surface area contributed by atoms with Crippen LogP contribution in [-0.2, 0) is 18.3 Å². The smallest absolute Gasteiger partial charge is 0.390 e. The van der Waals surface area contributed by atoms with E-state index in [2.05, 4.69) is 26.8 Å². The Labute approximate surface area is 258 Å². The maximum atomic E-state index is 13.0. The molecule has 1 saturated heterocycles. The van der Waals surface area contributed by atoms with E-state index in [0.717, 1.165) is 37.5 Å². The first-order chi connectivity index (χ1) is 19.9. The number of aliphatic hydroxyl groups is 4. The Morgan fingerprint density at radius 1 is 1.05 bits per heavy atom. The molecule has 10 heteroatoms. The lowest BCUT2D eigenvalue weighted by molar-refractivity contribution is -0.272. The number of hydrogen-bond acceptors (Lipinski definition) is 8. The van der Waals surface area contributed by atoms with Crippen LogP contribution < -0.4 is 0 Å². The Balaban J connectivity index is 1.21. The van der Waals surface area contributed by atoms with E-state index >= 15 is 0 Å². The zero-order valence-corrected chi connectivity index (χ0v) is 27.9. The van der Waals surface area contributed by atoms with E-state index in [1.165, 1.54) is 44.6 Å². The third-order valence-corrected chi connectivity index (χ3v) is 13.6. The summed E-state index contributed by atoms with van der Waals surface area (Å²) in [4.78, 5) is 10.6. The third kappa shape index (κ3) is 6.73. The molecule has 1 unspecified atom stereocenters. The summed E-state index contributed by atoms with van der Waals surface area (Å²) in [5.74, 6) is 3.40. The van der Waals surface area contributed by atoms with Crippen LogP contribution in [0.4, 0.5) is 0 Å². The molecule has 5 rings (SSSR count). The molecule has 0 radical (unpaired) electrons. The van der Waals surface area contributed by atoms with E-state index in [9.17, 15) is 29.9 Å². The van der Waals surface area contributed by atoms with Gasteiger partial charge in [0.05, 0.1) is 17.8 Å². The van der Waals surface area contributed by atoms with Gasteiger partial charge < -0.3 is 30.1 Å². The minimum absolute atomic E-state index is 0.0547. The van der Waals surface area contributed by atoms with Crippen LogP contribution in [0.25, 0.3) is 0 Å². The second kappa shape index (κ2) is 12.4. The highest BCUT2D eigenvalue weighted by molar-refractivity contribution is 7.47. The number of hydrogen-bond donors (Lipinski definition) is 5. The van der Waals surface area contributed by atoms with Gasteiger partial charge in [-0.1, -0.05) is 45.3 Å². The Hall–Kier alpha value is -0.350. The van der Waals surface area contributed by atoms with E-state index < -0.39 is 50.2 Å². The van der Waals surface area contributed by atoms with Gasteiger partial charge in [0, 0.05) is 0 Å². The minimum Gasteiger partial charge on any atom is -0.390 e. The number of aliphatic hydroxyl groups excluding tert-OH is 3. The number of fused-ring (bicyclic) bond motifs is 5. The lowest BCUT2D eigenvalue weighted by Crippen LogP contribution is -2.57. The average molecular weight is 629 g/mol. The lowest BCUT2D eigenvalue weighted by Gasteiger charge is -2.58. The fraction of sp³-hybridized carbons (Fsp3) is 0.939. The van der Waals surface area contributed by atoms with Gasteiger partial charge in [0.1, 0.15) is 18.3 Å². The van der Waals surface area contributed by atoms with Gasteiger partial charge in [-0.05, 0) is 119 Å². The first kappa shape index (κ1) is 34.0. The predicted molar refractivity (Wildman–Crippen MR) is 163 cm³/mol. The summed E-state index contributed by atoms with van der Waals surface area (Å²) >= 11 is 0. The van der Waals surface area contributed by atoms with Crippen molar-refractivity contribution in [2.45, 2.75) is 155 Å². The summed E-state index contributed by atoms with van der Waals surface area (Å²) in [6.45, 7) is 12.7. The lowest BCUT2D eigenvalue weighted by atomic mass is 9.47. The summed E-state index contributed by atoms with van der Waals surface area (Å²) in [5, 5.41) is 40.3. The Morgan fingerprint density at radius 2 is 1.77 bits per heavy atom. The molecular formula is C33H57O9P. The van der Waals surface area contributed by atoms with Crippen LogP contribution in [0.15, 0.2) is 11.6 Å². The van der Waals surface area contributed by atoms with Gasteiger partial charge >= 0.3 is 7.82 Å². The molecule has 9 nitrogen and oxygen atoms in total. The van der Waals surface area contributed by atoms with E-state index in [1.54, 1.807) is 0 Å². The van der Waals surface area contributed by atoms with Crippen LogP contribution in [-0.4, -0.2) is 67.7 Å². The molecule has 5 aliphatic rings. The van der Waals surface area contributed by atoms with Gasteiger partial charge in [0.2, 0.25) is 0 Å². The van der Waals surface area contributed by atoms with E-state index in [1.807, 2.05) is 13.8 Å². The van der Waals surface area contributed by atoms with Crippen LogP contribution in [0, 0.1) is 40.4 Å². The molecule has 1 heterocycles. The van der Waals surface area contributed by atoms with Crippen molar-refractivity contribution in [3.05, 3.63) is 11.6 Å². The molecule has 0 bridgehead atoms.